The molecule has 148 valence electrons. The average Bonchev–Trinajstić information content (AvgIpc) is 3.15. The molecule has 0 saturated heterocycles. The molecular formula is C22H25ClN2O2S. The minimum absolute atomic E-state index is 0.00365. The Morgan fingerprint density at radius 3 is 2.57 bits per heavy atom. The van der Waals surface area contributed by atoms with E-state index in [1.54, 1.807) is 12.1 Å². The highest BCUT2D eigenvalue weighted by Crippen LogP contribution is 2.34. The Bertz CT molecular complexity index is 833. The Balaban J connectivity index is 1.62. The number of hydrogen-bond acceptors (Lipinski definition) is 3. The number of rotatable bonds is 6. The number of thiocarbonyl (C=S) groups is 1. The van der Waals surface area contributed by atoms with Crippen molar-refractivity contribution < 1.29 is 9.53 Å². The smallest absolute Gasteiger partial charge is 0.337 e. The van der Waals surface area contributed by atoms with Gasteiger partial charge in [0.05, 0.1) is 12.7 Å². The van der Waals surface area contributed by atoms with Gasteiger partial charge in [-0.25, -0.2) is 4.79 Å². The van der Waals surface area contributed by atoms with Crippen molar-refractivity contribution in [1.82, 2.24) is 5.32 Å². The molecule has 0 aromatic heterocycles. The van der Waals surface area contributed by atoms with Crippen LogP contribution in [0.1, 0.15) is 48.0 Å². The van der Waals surface area contributed by atoms with Gasteiger partial charge in [0, 0.05) is 16.2 Å². The Hall–Kier alpha value is -2.11. The number of methoxy groups -OCH3 is 1. The molecule has 0 heterocycles. The molecule has 1 aliphatic carbocycles. The SMILES string of the molecule is COC(=O)c1cccc(NC(=S)NC2(CCc3ccc(Cl)cc3)CCCC2)c1. The van der Waals surface area contributed by atoms with E-state index in [9.17, 15) is 4.79 Å². The highest BCUT2D eigenvalue weighted by atomic mass is 35.5. The summed E-state index contributed by atoms with van der Waals surface area (Å²) in [5.41, 5.74) is 2.55. The van der Waals surface area contributed by atoms with Gasteiger partial charge in [-0.15, -0.1) is 0 Å². The third-order valence-electron chi connectivity index (χ3n) is 5.29. The first-order valence-corrected chi connectivity index (χ1v) is 10.3. The van der Waals surface area contributed by atoms with E-state index in [2.05, 4.69) is 22.8 Å². The van der Waals surface area contributed by atoms with Crippen LogP contribution in [0.3, 0.4) is 0 Å². The molecule has 1 saturated carbocycles. The van der Waals surface area contributed by atoms with Crippen molar-refractivity contribution in [2.75, 3.05) is 12.4 Å². The van der Waals surface area contributed by atoms with E-state index < -0.39 is 0 Å². The number of ether oxygens (including phenoxy) is 1. The van der Waals surface area contributed by atoms with E-state index >= 15 is 0 Å². The predicted molar refractivity (Wildman–Crippen MR) is 118 cm³/mol. The highest BCUT2D eigenvalue weighted by molar-refractivity contribution is 7.80. The van der Waals surface area contributed by atoms with Crippen LogP contribution in [-0.4, -0.2) is 23.7 Å². The summed E-state index contributed by atoms with van der Waals surface area (Å²) in [5, 5.41) is 8.12. The Morgan fingerprint density at radius 1 is 1.18 bits per heavy atom. The van der Waals surface area contributed by atoms with Crippen molar-refractivity contribution in [1.29, 1.82) is 0 Å². The van der Waals surface area contributed by atoms with Crippen LogP contribution in [0.15, 0.2) is 48.5 Å². The Morgan fingerprint density at radius 2 is 1.89 bits per heavy atom. The van der Waals surface area contributed by atoms with Crippen molar-refractivity contribution in [2.24, 2.45) is 0 Å². The van der Waals surface area contributed by atoms with Crippen LogP contribution in [-0.2, 0) is 11.2 Å². The fourth-order valence-electron chi connectivity index (χ4n) is 3.77. The summed E-state index contributed by atoms with van der Waals surface area (Å²) >= 11 is 11.6. The molecular weight excluding hydrogens is 392 g/mol. The molecule has 4 nitrogen and oxygen atoms in total. The third-order valence-corrected chi connectivity index (χ3v) is 5.74. The molecule has 0 amide bonds. The molecule has 2 aromatic carbocycles. The first kappa shape index (κ1) is 20.6. The van der Waals surface area contributed by atoms with Crippen LogP contribution in [0.25, 0.3) is 0 Å². The molecule has 28 heavy (non-hydrogen) atoms. The van der Waals surface area contributed by atoms with E-state index in [-0.39, 0.29) is 11.5 Å². The number of esters is 1. The second kappa shape index (κ2) is 9.39. The summed E-state index contributed by atoms with van der Waals surface area (Å²) in [6.45, 7) is 0. The number of anilines is 1. The first-order valence-electron chi connectivity index (χ1n) is 9.52. The van der Waals surface area contributed by atoms with E-state index in [4.69, 9.17) is 28.6 Å². The van der Waals surface area contributed by atoms with Gasteiger partial charge in [0.25, 0.3) is 0 Å². The molecule has 2 aromatic rings. The largest absolute Gasteiger partial charge is 0.465 e. The van der Waals surface area contributed by atoms with Crippen molar-refractivity contribution in [3.8, 4) is 0 Å². The summed E-state index contributed by atoms with van der Waals surface area (Å²) in [6, 6.07) is 15.2. The van der Waals surface area contributed by atoms with Crippen LogP contribution in [0.4, 0.5) is 5.69 Å². The number of carbonyl (C=O) groups is 1. The van der Waals surface area contributed by atoms with Gasteiger partial charge >= 0.3 is 5.97 Å². The van der Waals surface area contributed by atoms with Crippen molar-refractivity contribution in [3.63, 3.8) is 0 Å². The molecule has 0 atom stereocenters. The number of hydrogen-bond donors (Lipinski definition) is 2. The molecule has 0 radical (unpaired) electrons. The van der Waals surface area contributed by atoms with Crippen LogP contribution in [0, 0.1) is 0 Å². The number of halogens is 1. The highest BCUT2D eigenvalue weighted by Gasteiger charge is 2.34. The summed E-state index contributed by atoms with van der Waals surface area (Å²) in [7, 11) is 1.37. The fourth-order valence-corrected chi connectivity index (χ4v) is 4.23. The lowest BCUT2D eigenvalue weighted by Crippen LogP contribution is -2.48. The number of benzene rings is 2. The van der Waals surface area contributed by atoms with Crippen molar-refractivity contribution >= 4 is 40.6 Å². The second-order valence-electron chi connectivity index (χ2n) is 7.27. The summed E-state index contributed by atoms with van der Waals surface area (Å²) in [5.74, 6) is -0.363. The van der Waals surface area contributed by atoms with Gasteiger partial charge in [0.15, 0.2) is 5.11 Å². The fraction of sp³-hybridized carbons (Fsp3) is 0.364. The first-order chi connectivity index (χ1) is 13.5. The number of nitrogens with one attached hydrogen (secondary N) is 2. The van der Waals surface area contributed by atoms with Gasteiger partial charge in [-0.05, 0) is 73.8 Å². The molecule has 0 aliphatic heterocycles. The summed E-state index contributed by atoms with van der Waals surface area (Å²) in [4.78, 5) is 11.7. The van der Waals surface area contributed by atoms with Crippen LogP contribution in [0.2, 0.25) is 5.02 Å². The number of aryl methyl sites for hydroxylation is 1. The maximum Gasteiger partial charge on any atom is 0.337 e. The number of carbonyl (C=O) groups excluding carboxylic acids is 1. The Labute approximate surface area is 176 Å². The lowest BCUT2D eigenvalue weighted by atomic mass is 9.89. The molecule has 1 aliphatic rings. The monoisotopic (exact) mass is 416 g/mol. The minimum Gasteiger partial charge on any atom is -0.465 e. The molecule has 6 heteroatoms. The summed E-state index contributed by atoms with van der Waals surface area (Å²) < 4.78 is 4.78. The van der Waals surface area contributed by atoms with Crippen molar-refractivity contribution in [2.45, 2.75) is 44.1 Å². The van der Waals surface area contributed by atoms with Gasteiger partial charge in [0.1, 0.15) is 0 Å². The molecule has 1 fully saturated rings. The Kier molecular flexibility index (Phi) is 6.92. The lowest BCUT2D eigenvalue weighted by molar-refractivity contribution is 0.0601. The predicted octanol–water partition coefficient (Wildman–Crippen LogP) is 5.36. The topological polar surface area (TPSA) is 50.4 Å². The van der Waals surface area contributed by atoms with Crippen LogP contribution < -0.4 is 10.6 Å². The molecule has 0 unspecified atom stereocenters. The maximum absolute atomic E-state index is 11.7. The van der Waals surface area contributed by atoms with Crippen LogP contribution in [0.5, 0.6) is 0 Å². The van der Waals surface area contributed by atoms with E-state index in [1.165, 1.54) is 25.5 Å². The zero-order chi connectivity index (χ0) is 20.0. The maximum atomic E-state index is 11.7. The minimum atomic E-state index is -0.363. The van der Waals surface area contributed by atoms with E-state index in [0.29, 0.717) is 10.7 Å². The quantitative estimate of drug-likeness (QED) is 0.490. The molecule has 2 N–H and O–H groups in total. The molecule has 0 spiro atoms. The standard InChI is InChI=1S/C22H25ClN2O2S/c1-27-20(26)17-5-4-6-19(15-17)24-21(28)25-22(12-2-3-13-22)14-11-16-7-9-18(23)10-8-16/h4-10,15H,2-3,11-14H2,1H3,(H2,24,25,28). The summed E-state index contributed by atoms with van der Waals surface area (Å²) in [6.07, 6.45) is 6.60. The van der Waals surface area contributed by atoms with Gasteiger partial charge in [-0.3, -0.25) is 0 Å². The van der Waals surface area contributed by atoms with Gasteiger partial charge in [0.2, 0.25) is 0 Å². The molecule has 0 bridgehead atoms. The normalized spacial score (nSPS) is 15.1. The third kappa shape index (κ3) is 5.46. The average molecular weight is 417 g/mol. The van der Waals surface area contributed by atoms with Crippen LogP contribution >= 0.6 is 23.8 Å². The van der Waals surface area contributed by atoms with E-state index in [1.807, 2.05) is 24.3 Å². The molecule has 3 rings (SSSR count). The zero-order valence-corrected chi connectivity index (χ0v) is 17.5. The van der Waals surface area contributed by atoms with Gasteiger partial charge in [-0.1, -0.05) is 42.6 Å². The van der Waals surface area contributed by atoms with Crippen molar-refractivity contribution in [3.05, 3.63) is 64.7 Å². The van der Waals surface area contributed by atoms with E-state index in [0.717, 1.165) is 36.4 Å². The second-order valence-corrected chi connectivity index (χ2v) is 8.11. The van der Waals surface area contributed by atoms with Gasteiger partial charge in [-0.2, -0.15) is 0 Å². The lowest BCUT2D eigenvalue weighted by Gasteiger charge is -2.32. The van der Waals surface area contributed by atoms with Gasteiger partial charge < -0.3 is 15.4 Å². The zero-order valence-electron chi connectivity index (χ0n) is 16.0.